The number of benzene rings is 1. The van der Waals surface area contributed by atoms with E-state index in [4.69, 9.17) is 4.42 Å². The summed E-state index contributed by atoms with van der Waals surface area (Å²) >= 11 is 0. The average molecular weight is 248 g/mol. The van der Waals surface area contributed by atoms with Gasteiger partial charge in [-0.25, -0.2) is 0 Å². The Morgan fingerprint density at radius 2 is 2.16 bits per heavy atom. The summed E-state index contributed by atoms with van der Waals surface area (Å²) in [6.45, 7) is 0.851. The molecule has 3 aromatic heterocycles. The molecule has 0 amide bonds. The van der Waals surface area contributed by atoms with Crippen molar-refractivity contribution in [2.75, 3.05) is 0 Å². The average Bonchev–Trinajstić information content (AvgIpc) is 3.07. The lowest BCUT2D eigenvalue weighted by Gasteiger charge is -1.91. The van der Waals surface area contributed by atoms with Crippen LogP contribution in [0.3, 0.4) is 0 Å². The molecule has 0 saturated heterocycles. The first-order valence-corrected chi connectivity index (χ1v) is 6.27. The smallest absolute Gasteiger partial charge is 0.387 e. The number of oxazole rings is 1. The predicted octanol–water partition coefficient (Wildman–Crippen LogP) is 2.40. The van der Waals surface area contributed by atoms with Gasteiger partial charge in [-0.1, -0.05) is 12.1 Å². The lowest BCUT2D eigenvalue weighted by Crippen LogP contribution is -2.16. The fourth-order valence-electron chi connectivity index (χ4n) is 2.93. The van der Waals surface area contributed by atoms with E-state index in [0.29, 0.717) is 0 Å². The molecule has 0 unspecified atom stereocenters. The summed E-state index contributed by atoms with van der Waals surface area (Å²) < 4.78 is 10.3. The molecule has 4 aromatic rings. The van der Waals surface area contributed by atoms with Gasteiger partial charge in [-0.2, -0.15) is 8.97 Å². The predicted molar refractivity (Wildman–Crippen MR) is 69.7 cm³/mol. The van der Waals surface area contributed by atoms with Crippen LogP contribution in [0.5, 0.6) is 0 Å². The van der Waals surface area contributed by atoms with Crippen LogP contribution in [0.15, 0.2) is 53.3 Å². The summed E-state index contributed by atoms with van der Waals surface area (Å²) in [6, 6.07) is 10.2. The minimum atomic E-state index is 0.851. The molecule has 0 spiro atoms. The first-order chi connectivity index (χ1) is 9.42. The number of para-hydroxylation sites is 2. The van der Waals surface area contributed by atoms with Gasteiger partial charge in [-0.15, -0.1) is 0 Å². The van der Waals surface area contributed by atoms with E-state index < -0.39 is 0 Å². The maximum atomic E-state index is 5.97. The molecule has 0 bridgehead atoms. The Labute approximate surface area is 108 Å². The highest BCUT2D eigenvalue weighted by Gasteiger charge is 2.31. The Bertz CT molecular complexity index is 949. The molecule has 19 heavy (non-hydrogen) atoms. The van der Waals surface area contributed by atoms with Crippen molar-refractivity contribution in [1.82, 2.24) is 9.55 Å². The summed E-state index contributed by atoms with van der Waals surface area (Å²) in [5, 5.41) is 0. The SMILES string of the molecule is c1ccc2c(c1)oc1n3c(c[n+]21)-c1cnccc1C3. The number of fused-ring (bicyclic) bond motifs is 7. The van der Waals surface area contributed by atoms with Crippen LogP contribution in [0, 0.1) is 0 Å². The molecule has 1 aromatic carbocycles. The van der Waals surface area contributed by atoms with Crippen LogP contribution >= 0.6 is 0 Å². The molecule has 5 rings (SSSR count). The summed E-state index contributed by atoms with van der Waals surface area (Å²) in [7, 11) is 0. The van der Waals surface area contributed by atoms with Crippen LogP contribution in [0.2, 0.25) is 0 Å². The topological polar surface area (TPSA) is 35.1 Å². The van der Waals surface area contributed by atoms with E-state index >= 15 is 0 Å². The number of nitrogens with zero attached hydrogens (tertiary/aromatic N) is 3. The van der Waals surface area contributed by atoms with Gasteiger partial charge in [0.05, 0.1) is 5.56 Å². The lowest BCUT2D eigenvalue weighted by molar-refractivity contribution is -0.484. The summed E-state index contributed by atoms with van der Waals surface area (Å²) in [5.74, 6) is 0.882. The third kappa shape index (κ3) is 1.04. The van der Waals surface area contributed by atoms with Gasteiger partial charge in [0.1, 0.15) is 12.7 Å². The third-order valence-corrected chi connectivity index (χ3v) is 3.82. The van der Waals surface area contributed by atoms with Crippen molar-refractivity contribution in [2.45, 2.75) is 6.54 Å². The largest absolute Gasteiger partial charge is 0.468 e. The summed E-state index contributed by atoms with van der Waals surface area (Å²) in [6.07, 6.45) is 5.90. The lowest BCUT2D eigenvalue weighted by atomic mass is 10.1. The van der Waals surface area contributed by atoms with Gasteiger partial charge in [0.25, 0.3) is 0 Å². The maximum absolute atomic E-state index is 5.97. The molecule has 90 valence electrons. The zero-order valence-electron chi connectivity index (χ0n) is 10.1. The van der Waals surface area contributed by atoms with Crippen molar-refractivity contribution in [1.29, 1.82) is 0 Å². The highest BCUT2D eigenvalue weighted by molar-refractivity contribution is 5.73. The molecule has 4 heteroatoms. The van der Waals surface area contributed by atoms with E-state index in [-0.39, 0.29) is 0 Å². The molecule has 0 radical (unpaired) electrons. The van der Waals surface area contributed by atoms with Crippen molar-refractivity contribution in [3.8, 4) is 11.3 Å². The molecule has 1 aliphatic rings. The number of imidazole rings is 1. The van der Waals surface area contributed by atoms with Crippen molar-refractivity contribution in [3.63, 3.8) is 0 Å². The normalized spacial score (nSPS) is 13.1. The van der Waals surface area contributed by atoms with Gasteiger partial charge in [-0.3, -0.25) is 4.98 Å². The van der Waals surface area contributed by atoms with E-state index in [0.717, 1.165) is 23.5 Å². The monoisotopic (exact) mass is 248 g/mol. The van der Waals surface area contributed by atoms with E-state index in [9.17, 15) is 0 Å². The van der Waals surface area contributed by atoms with Gasteiger partial charge in [0, 0.05) is 18.0 Å². The molecule has 4 nitrogen and oxygen atoms in total. The van der Waals surface area contributed by atoms with Crippen LogP contribution in [0.1, 0.15) is 5.56 Å². The number of rotatable bonds is 0. The van der Waals surface area contributed by atoms with Crippen LogP contribution in [-0.4, -0.2) is 9.55 Å². The molecule has 0 fully saturated rings. The minimum absolute atomic E-state index is 0.851. The Morgan fingerprint density at radius 1 is 1.21 bits per heavy atom. The standard InChI is InChI=1S/C15H10N3O/c1-2-4-14-12(3-1)18-9-13-11-7-16-6-5-10(11)8-17(13)15(18)19-14/h1-7,9H,8H2/q+1. The van der Waals surface area contributed by atoms with Gasteiger partial charge in [0.15, 0.2) is 16.8 Å². The molecular weight excluding hydrogens is 238 g/mol. The zero-order chi connectivity index (χ0) is 12.4. The Hall–Kier alpha value is -2.62. The van der Waals surface area contributed by atoms with Crippen molar-refractivity contribution in [2.24, 2.45) is 0 Å². The second-order valence-corrected chi connectivity index (χ2v) is 4.86. The maximum Gasteiger partial charge on any atom is 0.468 e. The van der Waals surface area contributed by atoms with Crippen LogP contribution < -0.4 is 4.40 Å². The fourth-order valence-corrected chi connectivity index (χ4v) is 2.93. The van der Waals surface area contributed by atoms with Crippen molar-refractivity contribution >= 4 is 16.9 Å². The first-order valence-electron chi connectivity index (χ1n) is 6.27. The Morgan fingerprint density at radius 3 is 3.16 bits per heavy atom. The first kappa shape index (κ1) is 9.33. The Kier molecular flexibility index (Phi) is 1.49. The van der Waals surface area contributed by atoms with Gasteiger partial charge in [-0.05, 0) is 18.2 Å². The Balaban J connectivity index is 1.93. The molecule has 0 saturated carbocycles. The molecule has 0 atom stereocenters. The summed E-state index contributed by atoms with van der Waals surface area (Å²) in [4.78, 5) is 4.22. The van der Waals surface area contributed by atoms with Crippen molar-refractivity contribution in [3.05, 3.63) is 54.5 Å². The molecule has 4 heterocycles. The van der Waals surface area contributed by atoms with Crippen LogP contribution in [-0.2, 0) is 6.54 Å². The molecule has 0 aliphatic carbocycles. The van der Waals surface area contributed by atoms with E-state index in [2.05, 4.69) is 32.3 Å². The van der Waals surface area contributed by atoms with Crippen LogP contribution in [0.25, 0.3) is 28.2 Å². The second kappa shape index (κ2) is 3.03. The number of pyridine rings is 1. The van der Waals surface area contributed by atoms with Crippen LogP contribution in [0.4, 0.5) is 0 Å². The van der Waals surface area contributed by atoms with E-state index in [1.165, 1.54) is 16.8 Å². The molecule has 1 aliphatic heterocycles. The fraction of sp³-hybridized carbons (Fsp3) is 0.0667. The van der Waals surface area contributed by atoms with E-state index in [1.54, 1.807) is 0 Å². The van der Waals surface area contributed by atoms with Gasteiger partial charge >= 0.3 is 5.84 Å². The minimum Gasteiger partial charge on any atom is -0.387 e. The number of aromatic nitrogens is 3. The quantitative estimate of drug-likeness (QED) is 0.394. The molecule has 0 N–H and O–H groups in total. The molecular formula is C15H10N3O+. The zero-order valence-corrected chi connectivity index (χ0v) is 10.1. The highest BCUT2D eigenvalue weighted by Crippen LogP contribution is 2.32. The highest BCUT2D eigenvalue weighted by atomic mass is 16.4. The second-order valence-electron chi connectivity index (χ2n) is 4.86. The third-order valence-electron chi connectivity index (χ3n) is 3.82. The van der Waals surface area contributed by atoms with E-state index in [1.807, 2.05) is 30.6 Å². The summed E-state index contributed by atoms with van der Waals surface area (Å²) in [5.41, 5.74) is 5.69. The van der Waals surface area contributed by atoms with Crippen molar-refractivity contribution < 1.29 is 8.82 Å². The number of hydrogen-bond donors (Lipinski definition) is 0. The van der Waals surface area contributed by atoms with Gasteiger partial charge < -0.3 is 4.42 Å². The number of hydrogen-bond acceptors (Lipinski definition) is 2. The van der Waals surface area contributed by atoms with Gasteiger partial charge in [0.2, 0.25) is 0 Å².